The third-order valence-electron chi connectivity index (χ3n) is 5.14. The van der Waals surface area contributed by atoms with E-state index in [2.05, 4.69) is 5.32 Å². The molecule has 0 bridgehead atoms. The van der Waals surface area contributed by atoms with Crippen molar-refractivity contribution in [3.8, 4) is 0 Å². The van der Waals surface area contributed by atoms with E-state index >= 15 is 0 Å². The van der Waals surface area contributed by atoms with Gasteiger partial charge in [0.2, 0.25) is 0 Å². The summed E-state index contributed by atoms with van der Waals surface area (Å²) in [5, 5.41) is 2.55. The maximum Gasteiger partial charge on any atom is 0.416 e. The lowest BCUT2D eigenvalue weighted by Crippen LogP contribution is -2.52. The molecule has 30 heavy (non-hydrogen) atoms. The molecule has 1 aromatic rings. The molecular weight excluding hydrogens is 425 g/mol. The first kappa shape index (κ1) is 22.1. The fourth-order valence-corrected chi connectivity index (χ4v) is 5.49. The Kier molecular flexibility index (Phi) is 5.85. The number of allylic oxidation sites excluding steroid dienone is 1. The first-order valence-electron chi connectivity index (χ1n) is 9.30. The summed E-state index contributed by atoms with van der Waals surface area (Å²) in [5.74, 6) is -1.12. The molecule has 164 valence electrons. The topological polar surface area (TPSA) is 92.8 Å². The van der Waals surface area contributed by atoms with Gasteiger partial charge in [0.05, 0.1) is 41.3 Å². The standard InChI is InChI=1S/C19H21F3N2O5S/c1-3-29-17(25)15-11(2)24(14-7-8-30(27,28)10-14)18(26)23-16(15)12-5-4-6-13(9-12)19(20,21)22/h4-6,9,14,16H,3,7-8,10H2,1-2H3,(H,23,26)/t14-,16+/m0/s1. The number of ether oxygens (including phenoxy) is 1. The van der Waals surface area contributed by atoms with Crippen LogP contribution < -0.4 is 5.32 Å². The van der Waals surface area contributed by atoms with E-state index in [-0.39, 0.29) is 41.4 Å². The number of carbonyl (C=O) groups excluding carboxylic acids is 2. The summed E-state index contributed by atoms with van der Waals surface area (Å²) in [6.07, 6.45) is -4.39. The number of hydrogen-bond donors (Lipinski definition) is 1. The molecule has 2 aliphatic rings. The molecule has 0 unspecified atom stereocenters. The number of hydrogen-bond acceptors (Lipinski definition) is 5. The second-order valence-electron chi connectivity index (χ2n) is 7.15. The minimum absolute atomic E-state index is 0.0245. The molecular formula is C19H21F3N2O5S. The van der Waals surface area contributed by atoms with E-state index in [9.17, 15) is 31.2 Å². The van der Waals surface area contributed by atoms with Gasteiger partial charge < -0.3 is 10.1 Å². The minimum Gasteiger partial charge on any atom is -0.463 e. The van der Waals surface area contributed by atoms with Gasteiger partial charge in [0, 0.05) is 5.70 Å². The van der Waals surface area contributed by atoms with E-state index in [0.717, 1.165) is 12.1 Å². The van der Waals surface area contributed by atoms with Gasteiger partial charge in [-0.15, -0.1) is 0 Å². The van der Waals surface area contributed by atoms with Crippen LogP contribution >= 0.6 is 0 Å². The van der Waals surface area contributed by atoms with E-state index in [0.29, 0.717) is 0 Å². The number of esters is 1. The van der Waals surface area contributed by atoms with Crippen molar-refractivity contribution >= 4 is 21.8 Å². The van der Waals surface area contributed by atoms with Crippen molar-refractivity contribution in [2.24, 2.45) is 0 Å². The Labute approximate surface area is 171 Å². The zero-order valence-electron chi connectivity index (χ0n) is 16.3. The first-order chi connectivity index (χ1) is 13.9. The summed E-state index contributed by atoms with van der Waals surface area (Å²) in [6.45, 7) is 3.07. The molecule has 2 aliphatic heterocycles. The van der Waals surface area contributed by atoms with E-state index in [1.165, 1.54) is 24.0 Å². The Morgan fingerprint density at radius 2 is 2.03 bits per heavy atom. The molecule has 2 atom stereocenters. The highest BCUT2D eigenvalue weighted by molar-refractivity contribution is 7.91. The number of rotatable bonds is 4. The monoisotopic (exact) mass is 446 g/mol. The van der Waals surface area contributed by atoms with Gasteiger partial charge in [-0.1, -0.05) is 12.1 Å². The molecule has 1 fully saturated rings. The Balaban J connectivity index is 2.08. The van der Waals surface area contributed by atoms with Crippen LogP contribution in [0.5, 0.6) is 0 Å². The zero-order valence-corrected chi connectivity index (χ0v) is 17.1. The smallest absolute Gasteiger partial charge is 0.416 e. The van der Waals surface area contributed by atoms with Crippen molar-refractivity contribution in [1.29, 1.82) is 0 Å². The molecule has 11 heteroatoms. The normalized spacial score (nSPS) is 24.0. The van der Waals surface area contributed by atoms with Gasteiger partial charge in [0.25, 0.3) is 0 Å². The van der Waals surface area contributed by atoms with E-state index in [4.69, 9.17) is 4.74 Å². The van der Waals surface area contributed by atoms with E-state index in [1.807, 2.05) is 0 Å². The van der Waals surface area contributed by atoms with Gasteiger partial charge in [0.1, 0.15) is 0 Å². The number of alkyl halides is 3. The quantitative estimate of drug-likeness (QED) is 0.718. The average molecular weight is 446 g/mol. The molecule has 7 nitrogen and oxygen atoms in total. The fourth-order valence-electron chi connectivity index (χ4n) is 3.79. The van der Waals surface area contributed by atoms with Crippen molar-refractivity contribution in [2.75, 3.05) is 18.1 Å². The summed E-state index contributed by atoms with van der Waals surface area (Å²) in [4.78, 5) is 26.7. The van der Waals surface area contributed by atoms with Crippen LogP contribution in [0.2, 0.25) is 0 Å². The average Bonchev–Trinajstić information content (AvgIpc) is 3.00. The lowest BCUT2D eigenvalue weighted by atomic mass is 9.93. The lowest BCUT2D eigenvalue weighted by Gasteiger charge is -2.38. The van der Waals surface area contributed by atoms with Crippen molar-refractivity contribution in [2.45, 2.75) is 38.5 Å². The van der Waals surface area contributed by atoms with Crippen LogP contribution in [0.15, 0.2) is 35.5 Å². The first-order valence-corrected chi connectivity index (χ1v) is 11.1. The third kappa shape index (κ3) is 4.30. The highest BCUT2D eigenvalue weighted by Crippen LogP contribution is 2.37. The minimum atomic E-state index is -4.60. The molecule has 1 saturated heterocycles. The Morgan fingerprint density at radius 3 is 2.60 bits per heavy atom. The van der Waals surface area contributed by atoms with Crippen LogP contribution in [-0.4, -0.2) is 49.5 Å². The summed E-state index contributed by atoms with van der Waals surface area (Å²) < 4.78 is 68.2. The Morgan fingerprint density at radius 1 is 1.33 bits per heavy atom. The number of amides is 2. The molecule has 0 aliphatic carbocycles. The third-order valence-corrected chi connectivity index (χ3v) is 6.89. The fraction of sp³-hybridized carbons (Fsp3) is 0.474. The molecule has 2 heterocycles. The van der Waals surface area contributed by atoms with Crippen LogP contribution in [0.4, 0.5) is 18.0 Å². The molecule has 3 rings (SSSR count). The number of nitrogens with one attached hydrogen (secondary N) is 1. The molecule has 1 aromatic carbocycles. The predicted molar refractivity (Wildman–Crippen MR) is 101 cm³/mol. The van der Waals surface area contributed by atoms with Crippen LogP contribution in [0.3, 0.4) is 0 Å². The maximum atomic E-state index is 13.1. The van der Waals surface area contributed by atoms with Crippen molar-refractivity contribution in [3.63, 3.8) is 0 Å². The van der Waals surface area contributed by atoms with E-state index < -0.39 is 45.7 Å². The highest BCUT2D eigenvalue weighted by Gasteiger charge is 2.43. The van der Waals surface area contributed by atoms with Gasteiger partial charge in [0.15, 0.2) is 9.84 Å². The SMILES string of the molecule is CCOC(=O)C1=C(C)N([C@H]2CCS(=O)(=O)C2)C(=O)N[C@@H]1c1cccc(C(F)(F)F)c1. The van der Waals surface area contributed by atoms with Crippen molar-refractivity contribution in [1.82, 2.24) is 10.2 Å². The summed E-state index contributed by atoms with van der Waals surface area (Å²) in [6, 6.07) is 1.83. The number of sulfone groups is 1. The maximum absolute atomic E-state index is 13.1. The summed E-state index contributed by atoms with van der Waals surface area (Å²) in [5.41, 5.74) is -0.708. The van der Waals surface area contributed by atoms with Crippen LogP contribution in [-0.2, 0) is 25.5 Å². The summed E-state index contributed by atoms with van der Waals surface area (Å²) >= 11 is 0. The number of nitrogens with zero attached hydrogens (tertiary/aromatic N) is 1. The van der Waals surface area contributed by atoms with Gasteiger partial charge in [-0.2, -0.15) is 13.2 Å². The largest absolute Gasteiger partial charge is 0.463 e. The highest BCUT2D eigenvalue weighted by atomic mass is 32.2. The van der Waals surface area contributed by atoms with Gasteiger partial charge >= 0.3 is 18.2 Å². The Hall–Kier alpha value is -2.56. The van der Waals surface area contributed by atoms with Crippen LogP contribution in [0.1, 0.15) is 37.4 Å². The number of urea groups is 1. The molecule has 0 radical (unpaired) electrons. The zero-order chi connectivity index (χ0) is 22.3. The summed E-state index contributed by atoms with van der Waals surface area (Å²) in [7, 11) is -3.31. The van der Waals surface area contributed by atoms with Gasteiger partial charge in [-0.05, 0) is 38.0 Å². The van der Waals surface area contributed by atoms with E-state index in [1.54, 1.807) is 6.92 Å². The number of carbonyl (C=O) groups is 2. The number of benzene rings is 1. The number of halogens is 3. The van der Waals surface area contributed by atoms with Crippen molar-refractivity contribution < 1.29 is 35.9 Å². The second kappa shape index (κ2) is 7.93. The van der Waals surface area contributed by atoms with Gasteiger partial charge in [-0.3, -0.25) is 4.90 Å². The van der Waals surface area contributed by atoms with Crippen molar-refractivity contribution in [3.05, 3.63) is 46.7 Å². The molecule has 0 spiro atoms. The van der Waals surface area contributed by atoms with Gasteiger partial charge in [-0.25, -0.2) is 18.0 Å². The molecule has 0 aromatic heterocycles. The predicted octanol–water partition coefficient (Wildman–Crippen LogP) is 2.80. The van der Waals surface area contributed by atoms with Crippen LogP contribution in [0.25, 0.3) is 0 Å². The molecule has 1 N–H and O–H groups in total. The Bertz CT molecular complexity index is 1000. The lowest BCUT2D eigenvalue weighted by molar-refractivity contribution is -0.139. The van der Waals surface area contributed by atoms with Crippen LogP contribution in [0, 0.1) is 0 Å². The molecule has 0 saturated carbocycles. The second-order valence-corrected chi connectivity index (χ2v) is 9.38. The molecule has 2 amide bonds.